The number of esters is 1. The van der Waals surface area contributed by atoms with Crippen LogP contribution in [0.1, 0.15) is 34.6 Å². The van der Waals surface area contributed by atoms with Crippen LogP contribution in [0.5, 0.6) is 0 Å². The van der Waals surface area contributed by atoms with Crippen molar-refractivity contribution in [1.82, 2.24) is 0 Å². The predicted octanol–water partition coefficient (Wildman–Crippen LogP) is 3.40. The molecule has 1 atom stereocenters. The van der Waals surface area contributed by atoms with Gasteiger partial charge in [-0.25, -0.2) is 4.79 Å². The summed E-state index contributed by atoms with van der Waals surface area (Å²) in [6.45, 7) is 3.66. The summed E-state index contributed by atoms with van der Waals surface area (Å²) in [5.74, 6) is -0.617. The van der Waals surface area contributed by atoms with Crippen molar-refractivity contribution < 1.29 is 14.3 Å². The molecule has 0 aliphatic carbocycles. The van der Waals surface area contributed by atoms with Gasteiger partial charge in [-0.05, 0) is 38.3 Å². The average molecular weight is 287 g/mol. The van der Waals surface area contributed by atoms with Gasteiger partial charge in [0.15, 0.2) is 5.78 Å². The highest BCUT2D eigenvalue weighted by Crippen LogP contribution is 2.24. The van der Waals surface area contributed by atoms with Crippen LogP contribution in [0.3, 0.4) is 0 Å². The summed E-state index contributed by atoms with van der Waals surface area (Å²) in [5, 5.41) is -0.617. The molecular formula is C13H15ClO3S. The molecule has 0 N–H and O–H groups in total. The number of ketones is 1. The van der Waals surface area contributed by atoms with Crippen molar-refractivity contribution in [2.24, 2.45) is 0 Å². The van der Waals surface area contributed by atoms with E-state index >= 15 is 0 Å². The summed E-state index contributed by atoms with van der Waals surface area (Å²) in [6.07, 6.45) is 1.87. The molecule has 1 aromatic rings. The summed E-state index contributed by atoms with van der Waals surface area (Å²) in [5.41, 5.74) is 0.839. The van der Waals surface area contributed by atoms with E-state index in [-0.39, 0.29) is 5.78 Å². The van der Waals surface area contributed by atoms with Gasteiger partial charge in [0.25, 0.3) is 0 Å². The first-order valence-corrected chi connectivity index (χ1v) is 7.20. The van der Waals surface area contributed by atoms with E-state index in [0.717, 1.165) is 4.90 Å². The number of hydrogen-bond donors (Lipinski definition) is 0. The molecule has 0 saturated carbocycles. The van der Waals surface area contributed by atoms with Crippen molar-refractivity contribution in [3.8, 4) is 0 Å². The molecule has 1 unspecified atom stereocenters. The van der Waals surface area contributed by atoms with E-state index in [1.165, 1.54) is 11.8 Å². The highest BCUT2D eigenvalue weighted by molar-refractivity contribution is 7.98. The smallest absolute Gasteiger partial charge is 0.338 e. The summed E-state index contributed by atoms with van der Waals surface area (Å²) >= 11 is 7.25. The predicted molar refractivity (Wildman–Crippen MR) is 73.8 cm³/mol. The molecule has 3 nitrogen and oxygen atoms in total. The van der Waals surface area contributed by atoms with E-state index in [2.05, 4.69) is 0 Å². The lowest BCUT2D eigenvalue weighted by molar-refractivity contribution is 0.0526. The van der Waals surface area contributed by atoms with Crippen LogP contribution in [-0.4, -0.2) is 30.0 Å². The number of carbonyl (C=O) groups is 2. The number of ether oxygens (including phenoxy) is 1. The minimum Gasteiger partial charge on any atom is -0.462 e. The third-order valence-electron chi connectivity index (χ3n) is 2.34. The van der Waals surface area contributed by atoms with Crippen LogP contribution < -0.4 is 0 Å². The minimum absolute atomic E-state index is 0.188. The molecule has 0 heterocycles. The Hall–Kier alpha value is -1.00. The highest BCUT2D eigenvalue weighted by Gasteiger charge is 2.18. The number of rotatable bonds is 5. The van der Waals surface area contributed by atoms with E-state index in [0.29, 0.717) is 17.7 Å². The number of Topliss-reactive ketones (excluding diaryl/α,β-unsaturated/α-hetero) is 1. The molecule has 0 fully saturated rings. The molecule has 0 radical (unpaired) electrons. The second kappa shape index (κ2) is 6.81. The minimum atomic E-state index is -0.617. The van der Waals surface area contributed by atoms with Gasteiger partial charge in [-0.1, -0.05) is 0 Å². The molecule has 0 amide bonds. The third kappa shape index (κ3) is 3.50. The van der Waals surface area contributed by atoms with Gasteiger partial charge < -0.3 is 4.74 Å². The largest absolute Gasteiger partial charge is 0.462 e. The van der Waals surface area contributed by atoms with Gasteiger partial charge in [-0.3, -0.25) is 4.79 Å². The lowest BCUT2D eigenvalue weighted by atomic mass is 10.1. The summed E-state index contributed by atoms with van der Waals surface area (Å²) in [6, 6.07) is 4.94. The summed E-state index contributed by atoms with van der Waals surface area (Å²) < 4.78 is 4.91. The maximum Gasteiger partial charge on any atom is 0.338 e. The zero-order chi connectivity index (χ0) is 13.7. The van der Waals surface area contributed by atoms with E-state index < -0.39 is 11.3 Å². The van der Waals surface area contributed by atoms with E-state index in [4.69, 9.17) is 16.3 Å². The Morgan fingerprint density at radius 1 is 1.44 bits per heavy atom. The van der Waals surface area contributed by atoms with E-state index in [9.17, 15) is 9.59 Å². The SMILES string of the molecule is CCOC(=O)c1ccc(SC)c(C(=O)C(C)Cl)c1. The standard InChI is InChI=1S/C13H15ClO3S/c1-4-17-13(16)9-5-6-11(18-3)10(7-9)12(15)8(2)14/h5-8H,4H2,1-3H3. The monoisotopic (exact) mass is 286 g/mol. The second-order valence-electron chi connectivity index (χ2n) is 3.62. The first-order chi connectivity index (χ1) is 8.51. The number of thioether (sulfide) groups is 1. The van der Waals surface area contributed by atoms with Crippen molar-refractivity contribution in [2.45, 2.75) is 24.1 Å². The Morgan fingerprint density at radius 3 is 2.61 bits per heavy atom. The van der Waals surface area contributed by atoms with Crippen LogP contribution in [0.25, 0.3) is 0 Å². The molecule has 1 rings (SSSR count). The van der Waals surface area contributed by atoms with Gasteiger partial charge in [0.2, 0.25) is 0 Å². The summed E-state index contributed by atoms with van der Waals surface area (Å²) in [4.78, 5) is 24.4. The fourth-order valence-corrected chi connectivity index (χ4v) is 2.16. The van der Waals surface area contributed by atoms with Crippen molar-refractivity contribution in [3.05, 3.63) is 29.3 Å². The number of carbonyl (C=O) groups excluding carboxylic acids is 2. The van der Waals surface area contributed by atoms with Gasteiger partial charge in [0.05, 0.1) is 17.5 Å². The highest BCUT2D eigenvalue weighted by atomic mass is 35.5. The van der Waals surface area contributed by atoms with Gasteiger partial charge >= 0.3 is 5.97 Å². The molecule has 18 heavy (non-hydrogen) atoms. The molecule has 0 bridgehead atoms. The van der Waals surface area contributed by atoms with E-state index in [1.54, 1.807) is 32.0 Å². The molecule has 5 heteroatoms. The number of benzene rings is 1. The lowest BCUT2D eigenvalue weighted by Gasteiger charge is -2.10. The van der Waals surface area contributed by atoms with Crippen molar-refractivity contribution in [2.75, 3.05) is 12.9 Å². The van der Waals surface area contributed by atoms with Crippen LogP contribution in [-0.2, 0) is 4.74 Å². The van der Waals surface area contributed by atoms with Crippen LogP contribution in [0, 0.1) is 0 Å². The number of alkyl halides is 1. The first kappa shape index (κ1) is 15.1. The Labute approximate surface area is 116 Å². The molecule has 0 saturated heterocycles. The maximum atomic E-state index is 12.0. The number of hydrogen-bond acceptors (Lipinski definition) is 4. The van der Waals surface area contributed by atoms with Gasteiger partial charge in [0.1, 0.15) is 0 Å². The van der Waals surface area contributed by atoms with Crippen molar-refractivity contribution in [3.63, 3.8) is 0 Å². The molecule has 0 aliphatic heterocycles. The molecule has 1 aromatic carbocycles. The Kier molecular flexibility index (Phi) is 5.69. The first-order valence-electron chi connectivity index (χ1n) is 5.54. The molecule has 0 aliphatic rings. The zero-order valence-corrected chi connectivity index (χ0v) is 12.1. The van der Waals surface area contributed by atoms with E-state index in [1.807, 2.05) is 6.26 Å². The Morgan fingerprint density at radius 2 is 2.11 bits per heavy atom. The summed E-state index contributed by atoms with van der Waals surface area (Å²) in [7, 11) is 0. The fourth-order valence-electron chi connectivity index (χ4n) is 1.46. The molecule has 0 spiro atoms. The van der Waals surface area contributed by atoms with Crippen LogP contribution in [0.15, 0.2) is 23.1 Å². The normalized spacial score (nSPS) is 12.0. The maximum absolute atomic E-state index is 12.0. The van der Waals surface area contributed by atoms with Gasteiger partial charge in [0, 0.05) is 10.5 Å². The lowest BCUT2D eigenvalue weighted by Crippen LogP contribution is -2.13. The Balaban J connectivity index is 3.17. The van der Waals surface area contributed by atoms with Crippen molar-refractivity contribution >= 4 is 35.1 Å². The third-order valence-corrected chi connectivity index (χ3v) is 3.33. The van der Waals surface area contributed by atoms with Gasteiger partial charge in [-0.15, -0.1) is 23.4 Å². The zero-order valence-electron chi connectivity index (χ0n) is 10.5. The molecule has 0 aromatic heterocycles. The van der Waals surface area contributed by atoms with Crippen molar-refractivity contribution in [1.29, 1.82) is 0 Å². The fraction of sp³-hybridized carbons (Fsp3) is 0.385. The van der Waals surface area contributed by atoms with Gasteiger partial charge in [-0.2, -0.15) is 0 Å². The average Bonchev–Trinajstić information content (AvgIpc) is 2.37. The van der Waals surface area contributed by atoms with Crippen LogP contribution in [0.2, 0.25) is 0 Å². The van der Waals surface area contributed by atoms with Crippen LogP contribution in [0.4, 0.5) is 0 Å². The Bertz CT molecular complexity index is 458. The van der Waals surface area contributed by atoms with Crippen LogP contribution >= 0.6 is 23.4 Å². The number of halogens is 1. The quantitative estimate of drug-likeness (QED) is 0.360. The topological polar surface area (TPSA) is 43.4 Å². The second-order valence-corrected chi connectivity index (χ2v) is 5.12. The molecule has 98 valence electrons. The molecular weight excluding hydrogens is 272 g/mol.